The van der Waals surface area contributed by atoms with Gasteiger partial charge in [-0.05, 0) is 24.5 Å². The van der Waals surface area contributed by atoms with Crippen LogP contribution in [0.4, 0.5) is 5.82 Å². The van der Waals surface area contributed by atoms with Crippen molar-refractivity contribution in [3.05, 3.63) is 23.9 Å². The van der Waals surface area contributed by atoms with Gasteiger partial charge in [-0.25, -0.2) is 4.98 Å². The van der Waals surface area contributed by atoms with Gasteiger partial charge in [-0.3, -0.25) is 0 Å². The summed E-state index contributed by atoms with van der Waals surface area (Å²) in [6.07, 6.45) is 6.02. The Balaban J connectivity index is 1.86. The highest BCUT2D eigenvalue weighted by Gasteiger charge is 2.15. The van der Waals surface area contributed by atoms with E-state index in [1.165, 1.54) is 24.8 Å². The van der Waals surface area contributed by atoms with Crippen LogP contribution in [0, 0.1) is 0 Å². The third kappa shape index (κ3) is 2.69. The Bertz CT molecular complexity index is 301. The topological polar surface area (TPSA) is 28.2 Å². The van der Waals surface area contributed by atoms with E-state index in [2.05, 4.69) is 22.4 Å². The summed E-state index contributed by atoms with van der Waals surface area (Å²) in [7, 11) is 4.02. The highest BCUT2D eigenvalue weighted by molar-refractivity contribution is 5.37. The van der Waals surface area contributed by atoms with Crippen LogP contribution in [-0.4, -0.2) is 25.1 Å². The van der Waals surface area contributed by atoms with Gasteiger partial charge < -0.3 is 10.2 Å². The summed E-state index contributed by atoms with van der Waals surface area (Å²) in [6.45, 7) is 0.950. The molecule has 0 bridgehead atoms. The molecule has 1 heterocycles. The van der Waals surface area contributed by atoms with Gasteiger partial charge in [-0.2, -0.15) is 0 Å². The molecule has 0 spiro atoms. The molecule has 1 N–H and O–H groups in total. The third-order valence-electron chi connectivity index (χ3n) is 2.97. The van der Waals surface area contributed by atoms with Crippen molar-refractivity contribution < 1.29 is 0 Å². The van der Waals surface area contributed by atoms with E-state index in [0.717, 1.165) is 18.4 Å². The highest BCUT2D eigenvalue weighted by Crippen LogP contribution is 2.18. The van der Waals surface area contributed by atoms with Gasteiger partial charge in [-0.15, -0.1) is 0 Å². The number of rotatable bonds is 4. The molecular weight excluding hydrogens is 186 g/mol. The van der Waals surface area contributed by atoms with Crippen LogP contribution >= 0.6 is 0 Å². The number of hydrogen-bond acceptors (Lipinski definition) is 3. The Kier molecular flexibility index (Phi) is 3.21. The van der Waals surface area contributed by atoms with Crippen LogP contribution in [0.1, 0.15) is 24.8 Å². The van der Waals surface area contributed by atoms with Gasteiger partial charge in [0.1, 0.15) is 5.82 Å². The normalized spacial score (nSPS) is 16.1. The van der Waals surface area contributed by atoms with Gasteiger partial charge in [-0.1, -0.05) is 12.5 Å². The summed E-state index contributed by atoms with van der Waals surface area (Å²) in [6, 6.07) is 4.96. The molecule has 1 aliphatic rings. The van der Waals surface area contributed by atoms with Crippen molar-refractivity contribution in [1.29, 1.82) is 0 Å². The fourth-order valence-corrected chi connectivity index (χ4v) is 1.66. The number of aromatic nitrogens is 1. The standard InChI is InChI=1S/C12H19N3/c1-15(2)12-7-6-10(9-14-12)8-13-11-4-3-5-11/h6-7,9,11,13H,3-5,8H2,1-2H3. The molecule has 3 nitrogen and oxygen atoms in total. The van der Waals surface area contributed by atoms with Crippen LogP contribution in [0.25, 0.3) is 0 Å². The number of nitrogens with one attached hydrogen (secondary N) is 1. The summed E-state index contributed by atoms with van der Waals surface area (Å²) in [5.74, 6) is 1.02. The fraction of sp³-hybridized carbons (Fsp3) is 0.583. The molecule has 0 atom stereocenters. The van der Waals surface area contributed by atoms with Crippen molar-refractivity contribution in [3.63, 3.8) is 0 Å². The quantitative estimate of drug-likeness (QED) is 0.812. The van der Waals surface area contributed by atoms with Crippen LogP contribution < -0.4 is 10.2 Å². The number of pyridine rings is 1. The number of anilines is 1. The van der Waals surface area contributed by atoms with Crippen LogP contribution in [-0.2, 0) is 6.54 Å². The molecule has 1 aromatic rings. The number of nitrogens with zero attached hydrogens (tertiary/aromatic N) is 2. The number of hydrogen-bond donors (Lipinski definition) is 1. The van der Waals surface area contributed by atoms with Crippen molar-refractivity contribution in [2.45, 2.75) is 31.8 Å². The van der Waals surface area contributed by atoms with Gasteiger partial charge >= 0.3 is 0 Å². The van der Waals surface area contributed by atoms with Crippen LogP contribution in [0.3, 0.4) is 0 Å². The van der Waals surface area contributed by atoms with E-state index in [0.29, 0.717) is 0 Å². The first-order valence-electron chi connectivity index (χ1n) is 5.61. The maximum absolute atomic E-state index is 4.39. The van der Waals surface area contributed by atoms with Crippen molar-refractivity contribution in [2.24, 2.45) is 0 Å². The van der Waals surface area contributed by atoms with Crippen molar-refractivity contribution in [1.82, 2.24) is 10.3 Å². The van der Waals surface area contributed by atoms with E-state index >= 15 is 0 Å². The molecule has 1 aliphatic carbocycles. The molecule has 0 aliphatic heterocycles. The lowest BCUT2D eigenvalue weighted by Crippen LogP contribution is -2.34. The minimum absolute atomic E-state index is 0.749. The van der Waals surface area contributed by atoms with Crippen LogP contribution in [0.5, 0.6) is 0 Å². The Hall–Kier alpha value is -1.09. The van der Waals surface area contributed by atoms with E-state index in [4.69, 9.17) is 0 Å². The zero-order valence-corrected chi connectivity index (χ0v) is 9.53. The molecule has 0 saturated heterocycles. The summed E-state index contributed by atoms with van der Waals surface area (Å²) in [5, 5.41) is 3.53. The zero-order valence-electron chi connectivity index (χ0n) is 9.53. The first-order chi connectivity index (χ1) is 7.25. The van der Waals surface area contributed by atoms with Crippen molar-refractivity contribution in [3.8, 4) is 0 Å². The largest absolute Gasteiger partial charge is 0.363 e. The lowest BCUT2D eigenvalue weighted by atomic mass is 9.93. The fourth-order valence-electron chi connectivity index (χ4n) is 1.66. The Morgan fingerprint density at radius 3 is 2.67 bits per heavy atom. The third-order valence-corrected chi connectivity index (χ3v) is 2.97. The van der Waals surface area contributed by atoms with E-state index in [-0.39, 0.29) is 0 Å². The lowest BCUT2D eigenvalue weighted by molar-refractivity contribution is 0.338. The average Bonchev–Trinajstić information content (AvgIpc) is 2.16. The van der Waals surface area contributed by atoms with E-state index in [1.807, 2.05) is 25.2 Å². The molecular formula is C12H19N3. The molecule has 0 unspecified atom stereocenters. The zero-order chi connectivity index (χ0) is 10.7. The first-order valence-corrected chi connectivity index (χ1v) is 5.61. The summed E-state index contributed by atoms with van der Waals surface area (Å²) in [4.78, 5) is 6.40. The van der Waals surface area contributed by atoms with E-state index in [9.17, 15) is 0 Å². The minimum Gasteiger partial charge on any atom is -0.363 e. The van der Waals surface area contributed by atoms with Crippen LogP contribution in [0.15, 0.2) is 18.3 Å². The SMILES string of the molecule is CN(C)c1ccc(CNC2CCC2)cn1. The molecule has 15 heavy (non-hydrogen) atoms. The van der Waals surface area contributed by atoms with E-state index in [1.54, 1.807) is 0 Å². The highest BCUT2D eigenvalue weighted by atomic mass is 15.1. The molecule has 2 rings (SSSR count). The lowest BCUT2D eigenvalue weighted by Gasteiger charge is -2.26. The summed E-state index contributed by atoms with van der Waals surface area (Å²) in [5.41, 5.74) is 1.27. The van der Waals surface area contributed by atoms with Gasteiger partial charge in [0, 0.05) is 32.9 Å². The second-order valence-electron chi connectivity index (χ2n) is 4.43. The monoisotopic (exact) mass is 205 g/mol. The molecule has 3 heteroatoms. The Morgan fingerprint density at radius 2 is 2.20 bits per heavy atom. The first kappa shape index (κ1) is 10.4. The summed E-state index contributed by atoms with van der Waals surface area (Å²) < 4.78 is 0. The maximum atomic E-state index is 4.39. The van der Waals surface area contributed by atoms with Gasteiger partial charge in [0.25, 0.3) is 0 Å². The van der Waals surface area contributed by atoms with Gasteiger partial charge in [0.2, 0.25) is 0 Å². The molecule has 1 fully saturated rings. The second kappa shape index (κ2) is 4.62. The predicted octanol–water partition coefficient (Wildman–Crippen LogP) is 1.79. The molecule has 1 aromatic heterocycles. The maximum Gasteiger partial charge on any atom is 0.127 e. The smallest absolute Gasteiger partial charge is 0.127 e. The summed E-state index contributed by atoms with van der Waals surface area (Å²) >= 11 is 0. The second-order valence-corrected chi connectivity index (χ2v) is 4.43. The van der Waals surface area contributed by atoms with Crippen molar-refractivity contribution >= 4 is 5.82 Å². The molecule has 82 valence electrons. The Morgan fingerprint density at radius 1 is 1.40 bits per heavy atom. The van der Waals surface area contributed by atoms with Gasteiger partial charge in [0.15, 0.2) is 0 Å². The average molecular weight is 205 g/mol. The van der Waals surface area contributed by atoms with E-state index < -0.39 is 0 Å². The minimum atomic E-state index is 0.749. The van der Waals surface area contributed by atoms with Gasteiger partial charge in [0.05, 0.1) is 0 Å². The Labute approximate surface area is 91.5 Å². The molecule has 0 radical (unpaired) electrons. The molecule has 1 saturated carbocycles. The van der Waals surface area contributed by atoms with Crippen molar-refractivity contribution in [2.75, 3.05) is 19.0 Å². The predicted molar refractivity (Wildman–Crippen MR) is 63.0 cm³/mol. The molecule has 0 amide bonds. The molecule has 0 aromatic carbocycles. The van der Waals surface area contributed by atoms with Crippen LogP contribution in [0.2, 0.25) is 0 Å².